The van der Waals surface area contributed by atoms with E-state index < -0.39 is 0 Å². The molecular formula is C28H26BrN3OS. The molecule has 1 heterocycles. The van der Waals surface area contributed by atoms with Gasteiger partial charge in [0.1, 0.15) is 0 Å². The summed E-state index contributed by atoms with van der Waals surface area (Å²) in [6.45, 7) is 4.10. The van der Waals surface area contributed by atoms with Gasteiger partial charge in [-0.25, -0.2) is 5.43 Å². The number of thioether (sulfide) groups is 1. The number of para-hydroxylation sites is 1. The van der Waals surface area contributed by atoms with E-state index in [0.717, 1.165) is 38.6 Å². The number of hydrogen-bond acceptors (Lipinski definition) is 3. The van der Waals surface area contributed by atoms with Gasteiger partial charge >= 0.3 is 0 Å². The highest BCUT2D eigenvalue weighted by atomic mass is 79.9. The van der Waals surface area contributed by atoms with Crippen molar-refractivity contribution < 1.29 is 4.79 Å². The minimum atomic E-state index is -0.229. The second-order valence-corrected chi connectivity index (χ2v) is 9.72. The highest BCUT2D eigenvalue weighted by molar-refractivity contribution is 9.10. The zero-order valence-corrected chi connectivity index (χ0v) is 21.6. The van der Waals surface area contributed by atoms with Crippen LogP contribution < -0.4 is 5.43 Å². The predicted molar refractivity (Wildman–Crippen MR) is 146 cm³/mol. The van der Waals surface area contributed by atoms with Crippen molar-refractivity contribution in [1.82, 2.24) is 9.99 Å². The molecule has 0 aliphatic carbocycles. The van der Waals surface area contributed by atoms with Crippen molar-refractivity contribution in [2.45, 2.75) is 25.4 Å². The second kappa shape index (κ2) is 11.4. The number of amides is 1. The fourth-order valence-corrected chi connectivity index (χ4v) is 5.30. The Morgan fingerprint density at radius 2 is 1.47 bits per heavy atom. The largest absolute Gasteiger partial charge is 0.317 e. The summed E-state index contributed by atoms with van der Waals surface area (Å²) in [5.74, 6) is 1.64. The van der Waals surface area contributed by atoms with Crippen LogP contribution in [-0.2, 0) is 11.5 Å². The van der Waals surface area contributed by atoms with E-state index in [4.69, 9.17) is 0 Å². The van der Waals surface area contributed by atoms with Crippen LogP contribution in [0.2, 0.25) is 0 Å². The van der Waals surface area contributed by atoms with Crippen molar-refractivity contribution >= 4 is 39.8 Å². The Balaban J connectivity index is 1.36. The first-order valence-corrected chi connectivity index (χ1v) is 13.0. The highest BCUT2D eigenvalue weighted by Crippen LogP contribution is 2.29. The molecule has 0 saturated carbocycles. The molecule has 6 heteroatoms. The molecule has 0 saturated heterocycles. The van der Waals surface area contributed by atoms with Gasteiger partial charge in [0.25, 0.3) is 5.91 Å². The average molecular weight is 533 g/mol. The van der Waals surface area contributed by atoms with Crippen LogP contribution in [0.25, 0.3) is 5.69 Å². The molecule has 0 bridgehead atoms. The zero-order valence-electron chi connectivity index (χ0n) is 19.2. The van der Waals surface area contributed by atoms with Crippen LogP contribution in [0.5, 0.6) is 0 Å². The van der Waals surface area contributed by atoms with Crippen LogP contribution in [0.3, 0.4) is 0 Å². The molecule has 4 nitrogen and oxygen atoms in total. The smallest absolute Gasteiger partial charge is 0.271 e. The Morgan fingerprint density at radius 1 is 0.882 bits per heavy atom. The SMILES string of the molecule is Cc1c(Br)c(/C=N\NC(=O)c2ccc(CSCc3ccccc3)cc2)c(C)n1-c1ccccc1. The Bertz CT molecular complexity index is 1280. The first kappa shape index (κ1) is 24.0. The van der Waals surface area contributed by atoms with Crippen LogP contribution in [0.1, 0.15) is 38.4 Å². The fraction of sp³-hybridized carbons (Fsp3) is 0.143. The van der Waals surface area contributed by atoms with Crippen molar-refractivity contribution in [3.8, 4) is 5.69 Å². The van der Waals surface area contributed by atoms with E-state index in [9.17, 15) is 4.79 Å². The molecule has 1 N–H and O–H groups in total. The normalized spacial score (nSPS) is 11.1. The Morgan fingerprint density at radius 3 is 2.12 bits per heavy atom. The lowest BCUT2D eigenvalue weighted by Crippen LogP contribution is -2.17. The molecule has 4 aromatic rings. The maximum atomic E-state index is 12.6. The van der Waals surface area contributed by atoms with Gasteiger partial charge in [0, 0.05) is 44.2 Å². The molecule has 0 aliphatic rings. The second-order valence-electron chi connectivity index (χ2n) is 7.94. The number of hydrogen-bond donors (Lipinski definition) is 1. The van der Waals surface area contributed by atoms with Crippen LogP contribution in [0, 0.1) is 13.8 Å². The maximum Gasteiger partial charge on any atom is 0.271 e. The first-order valence-electron chi connectivity index (χ1n) is 11.0. The van der Waals surface area contributed by atoms with E-state index in [0.29, 0.717) is 5.56 Å². The number of halogens is 1. The van der Waals surface area contributed by atoms with Gasteiger partial charge in [0.15, 0.2) is 0 Å². The van der Waals surface area contributed by atoms with Gasteiger partial charge in [-0.05, 0) is 65.2 Å². The van der Waals surface area contributed by atoms with E-state index in [-0.39, 0.29) is 5.91 Å². The molecular weight excluding hydrogens is 506 g/mol. The van der Waals surface area contributed by atoms with Crippen LogP contribution in [-0.4, -0.2) is 16.7 Å². The lowest BCUT2D eigenvalue weighted by molar-refractivity contribution is 0.0955. The summed E-state index contributed by atoms with van der Waals surface area (Å²) in [5.41, 5.74) is 9.90. The molecule has 0 atom stereocenters. The molecule has 1 amide bonds. The van der Waals surface area contributed by atoms with Crippen LogP contribution in [0.15, 0.2) is 94.5 Å². The van der Waals surface area contributed by atoms with Gasteiger partial charge in [0.05, 0.1) is 6.21 Å². The lowest BCUT2D eigenvalue weighted by atomic mass is 10.1. The van der Waals surface area contributed by atoms with E-state index in [1.807, 2.05) is 67.2 Å². The third-order valence-corrected chi connectivity index (χ3v) is 7.66. The number of hydrazone groups is 1. The van der Waals surface area contributed by atoms with Gasteiger partial charge in [-0.15, -0.1) is 0 Å². The molecule has 0 spiro atoms. The van der Waals surface area contributed by atoms with Crippen molar-refractivity contribution in [3.63, 3.8) is 0 Å². The van der Waals surface area contributed by atoms with E-state index in [2.05, 4.69) is 74.3 Å². The van der Waals surface area contributed by atoms with E-state index >= 15 is 0 Å². The number of rotatable bonds is 8. The first-order chi connectivity index (χ1) is 16.5. The summed E-state index contributed by atoms with van der Waals surface area (Å²) in [4.78, 5) is 12.6. The molecule has 1 aromatic heterocycles. The highest BCUT2D eigenvalue weighted by Gasteiger charge is 2.15. The summed E-state index contributed by atoms with van der Waals surface area (Å²) in [7, 11) is 0. The Labute approximate surface area is 213 Å². The van der Waals surface area contributed by atoms with E-state index in [1.54, 1.807) is 6.21 Å². The summed E-state index contributed by atoms with van der Waals surface area (Å²) >= 11 is 5.54. The van der Waals surface area contributed by atoms with Crippen LogP contribution in [0.4, 0.5) is 0 Å². The number of nitrogens with zero attached hydrogens (tertiary/aromatic N) is 2. The van der Waals surface area contributed by atoms with Gasteiger partial charge in [-0.2, -0.15) is 16.9 Å². The number of nitrogens with one attached hydrogen (secondary N) is 1. The van der Waals surface area contributed by atoms with Crippen molar-refractivity contribution in [1.29, 1.82) is 0 Å². The van der Waals surface area contributed by atoms with Crippen molar-refractivity contribution in [3.05, 3.63) is 123 Å². The monoisotopic (exact) mass is 531 g/mol. The third-order valence-electron chi connectivity index (χ3n) is 5.59. The number of carbonyl (C=O) groups is 1. The quantitative estimate of drug-likeness (QED) is 0.195. The number of aromatic nitrogens is 1. The number of benzene rings is 3. The van der Waals surface area contributed by atoms with Gasteiger partial charge in [0.2, 0.25) is 0 Å². The summed E-state index contributed by atoms with van der Waals surface area (Å²) in [5, 5.41) is 4.22. The fourth-order valence-electron chi connectivity index (χ4n) is 3.77. The molecule has 0 unspecified atom stereocenters. The minimum absolute atomic E-state index is 0.229. The van der Waals surface area contributed by atoms with Crippen molar-refractivity contribution in [2.24, 2.45) is 5.10 Å². The van der Waals surface area contributed by atoms with Crippen molar-refractivity contribution in [2.75, 3.05) is 0 Å². The summed E-state index contributed by atoms with van der Waals surface area (Å²) in [6, 6.07) is 28.3. The zero-order chi connectivity index (χ0) is 23.9. The molecule has 4 rings (SSSR count). The van der Waals surface area contributed by atoms with Gasteiger partial charge in [-0.3, -0.25) is 4.79 Å². The standard InChI is InChI=1S/C28H26BrN3OS/c1-20-26(27(29)21(2)32(20)25-11-7-4-8-12-25)17-30-31-28(33)24-15-13-23(14-16-24)19-34-18-22-9-5-3-6-10-22/h3-17H,18-19H2,1-2H3,(H,31,33)/b30-17-. The molecule has 0 fully saturated rings. The third kappa shape index (κ3) is 5.69. The molecule has 0 radical (unpaired) electrons. The molecule has 3 aromatic carbocycles. The summed E-state index contributed by atoms with van der Waals surface area (Å²) < 4.78 is 3.13. The lowest BCUT2D eigenvalue weighted by Gasteiger charge is -2.08. The van der Waals surface area contributed by atoms with E-state index in [1.165, 1.54) is 11.1 Å². The molecule has 34 heavy (non-hydrogen) atoms. The van der Waals surface area contributed by atoms with Gasteiger partial charge in [-0.1, -0.05) is 60.7 Å². The van der Waals surface area contributed by atoms with Gasteiger partial charge < -0.3 is 4.57 Å². The maximum absolute atomic E-state index is 12.6. The average Bonchev–Trinajstić information content (AvgIpc) is 3.08. The predicted octanol–water partition coefficient (Wildman–Crippen LogP) is 7.05. The number of carbonyl (C=O) groups excluding carboxylic acids is 1. The molecule has 0 aliphatic heterocycles. The Kier molecular flexibility index (Phi) is 8.03. The minimum Gasteiger partial charge on any atom is -0.317 e. The topological polar surface area (TPSA) is 46.4 Å². The molecule has 172 valence electrons. The summed E-state index contributed by atoms with van der Waals surface area (Å²) in [6.07, 6.45) is 1.69. The van der Waals surface area contributed by atoms with Crippen LogP contribution >= 0.6 is 27.7 Å². The Hall–Kier alpha value is -3.09.